The first-order valence-corrected chi connectivity index (χ1v) is 5.99. The molecule has 15 heavy (non-hydrogen) atoms. The number of aryl methyl sites for hydroxylation is 1. The van der Waals surface area contributed by atoms with Gasteiger partial charge < -0.3 is 0 Å². The van der Waals surface area contributed by atoms with Crippen LogP contribution in [0.4, 0.5) is 0 Å². The maximum Gasteiger partial charge on any atom is 0.295 e. The molecule has 0 saturated carbocycles. The molecule has 0 fully saturated rings. The second kappa shape index (κ2) is 4.16. The Morgan fingerprint density at radius 1 is 1.40 bits per heavy atom. The van der Waals surface area contributed by atoms with Crippen molar-refractivity contribution in [2.75, 3.05) is 0 Å². The monoisotopic (exact) mass is 226 g/mol. The number of rotatable bonds is 3. The molecule has 0 aliphatic rings. The molecule has 1 aromatic carbocycles. The molecule has 0 unspecified atom stereocenters. The largest absolute Gasteiger partial charge is 0.295 e. The average Bonchev–Trinajstić information content (AvgIpc) is 2.10. The van der Waals surface area contributed by atoms with Crippen LogP contribution in [0.2, 0.25) is 0 Å². The molecule has 0 radical (unpaired) electrons. The molecule has 0 heterocycles. The fourth-order valence-corrected chi connectivity index (χ4v) is 2.55. The lowest BCUT2D eigenvalue weighted by molar-refractivity contribution is 0.481. The smallest absolute Gasteiger partial charge is 0.282 e. The molecular formula is C11H14O3S. The van der Waals surface area contributed by atoms with Crippen LogP contribution in [0.5, 0.6) is 0 Å². The first kappa shape index (κ1) is 11.9. The van der Waals surface area contributed by atoms with Crippen LogP contribution in [0.25, 0.3) is 0 Å². The number of benzene rings is 1. The third-order valence-electron chi connectivity index (χ3n) is 2.38. The molecule has 1 aromatic rings. The molecule has 0 amide bonds. The molecule has 0 aliphatic heterocycles. The second-order valence-corrected chi connectivity index (χ2v) is 4.82. The molecule has 0 bridgehead atoms. The van der Waals surface area contributed by atoms with Crippen LogP contribution in [-0.4, -0.2) is 13.0 Å². The van der Waals surface area contributed by atoms with E-state index in [9.17, 15) is 8.42 Å². The zero-order valence-electron chi connectivity index (χ0n) is 8.82. The summed E-state index contributed by atoms with van der Waals surface area (Å²) in [4.78, 5) is 0.0161. The van der Waals surface area contributed by atoms with Crippen molar-refractivity contribution in [1.82, 2.24) is 0 Å². The minimum atomic E-state index is -4.16. The van der Waals surface area contributed by atoms with Crippen LogP contribution in [0.1, 0.15) is 16.7 Å². The van der Waals surface area contributed by atoms with E-state index in [1.54, 1.807) is 19.1 Å². The summed E-state index contributed by atoms with van der Waals surface area (Å²) >= 11 is 0. The molecule has 0 spiro atoms. The number of hydrogen-bond donors (Lipinski definition) is 1. The Hall–Kier alpha value is -1.13. The molecule has 0 atom stereocenters. The van der Waals surface area contributed by atoms with Gasteiger partial charge in [0.15, 0.2) is 0 Å². The van der Waals surface area contributed by atoms with E-state index in [2.05, 4.69) is 6.58 Å². The quantitative estimate of drug-likeness (QED) is 0.635. The minimum Gasteiger partial charge on any atom is -0.282 e. The maximum atomic E-state index is 11.2. The van der Waals surface area contributed by atoms with Crippen molar-refractivity contribution in [1.29, 1.82) is 0 Å². The highest BCUT2D eigenvalue weighted by atomic mass is 32.2. The van der Waals surface area contributed by atoms with Gasteiger partial charge in [0, 0.05) is 0 Å². The molecule has 1 N–H and O–H groups in total. The number of hydrogen-bond acceptors (Lipinski definition) is 2. The van der Waals surface area contributed by atoms with Crippen LogP contribution >= 0.6 is 0 Å². The van der Waals surface area contributed by atoms with Gasteiger partial charge in [0.1, 0.15) is 4.90 Å². The van der Waals surface area contributed by atoms with Gasteiger partial charge in [-0.25, -0.2) is 0 Å². The van der Waals surface area contributed by atoms with Gasteiger partial charge in [-0.1, -0.05) is 18.2 Å². The first-order chi connectivity index (χ1) is 6.88. The van der Waals surface area contributed by atoms with Crippen LogP contribution < -0.4 is 0 Å². The Morgan fingerprint density at radius 2 is 2.00 bits per heavy atom. The normalized spacial score (nSPS) is 11.4. The number of allylic oxidation sites excluding steroid dienone is 1. The van der Waals surface area contributed by atoms with Crippen molar-refractivity contribution in [2.45, 2.75) is 25.2 Å². The van der Waals surface area contributed by atoms with Crippen molar-refractivity contribution >= 4 is 10.1 Å². The topological polar surface area (TPSA) is 54.4 Å². The fraction of sp³-hybridized carbons (Fsp3) is 0.273. The zero-order chi connectivity index (χ0) is 11.6. The van der Waals surface area contributed by atoms with Gasteiger partial charge in [-0.05, 0) is 37.0 Å². The highest BCUT2D eigenvalue weighted by Crippen LogP contribution is 2.23. The second-order valence-electron chi connectivity index (χ2n) is 3.46. The summed E-state index contributed by atoms with van der Waals surface area (Å²) in [6.07, 6.45) is 2.04. The standard InChI is InChI=1S/C11H14O3S/c1-4-5-10-7-6-8(2)9(3)11(10)15(12,13)14/h4,6-7H,1,5H2,2-3H3,(H,12,13,14). The third kappa shape index (κ3) is 2.46. The van der Waals surface area contributed by atoms with E-state index in [-0.39, 0.29) is 4.90 Å². The third-order valence-corrected chi connectivity index (χ3v) is 3.46. The molecule has 3 nitrogen and oxygen atoms in total. The Morgan fingerprint density at radius 3 is 2.47 bits per heavy atom. The van der Waals surface area contributed by atoms with E-state index < -0.39 is 10.1 Å². The predicted molar refractivity (Wildman–Crippen MR) is 59.6 cm³/mol. The highest BCUT2D eigenvalue weighted by molar-refractivity contribution is 7.86. The molecule has 0 aromatic heterocycles. The van der Waals surface area contributed by atoms with Gasteiger partial charge in [0.25, 0.3) is 10.1 Å². The Kier molecular flexibility index (Phi) is 3.31. The molecule has 0 aliphatic carbocycles. The van der Waals surface area contributed by atoms with E-state index in [0.29, 0.717) is 17.5 Å². The molecule has 1 rings (SSSR count). The predicted octanol–water partition coefficient (Wildman–Crippen LogP) is 2.28. The summed E-state index contributed by atoms with van der Waals surface area (Å²) < 4.78 is 31.6. The minimum absolute atomic E-state index is 0.0161. The van der Waals surface area contributed by atoms with Crippen molar-refractivity contribution in [3.8, 4) is 0 Å². The summed E-state index contributed by atoms with van der Waals surface area (Å²) in [5, 5.41) is 0. The van der Waals surface area contributed by atoms with Crippen LogP contribution in [-0.2, 0) is 16.5 Å². The van der Waals surface area contributed by atoms with Gasteiger partial charge >= 0.3 is 0 Å². The highest BCUT2D eigenvalue weighted by Gasteiger charge is 2.18. The van der Waals surface area contributed by atoms with Gasteiger partial charge in [0.05, 0.1) is 0 Å². The van der Waals surface area contributed by atoms with E-state index >= 15 is 0 Å². The van der Waals surface area contributed by atoms with Crippen molar-refractivity contribution < 1.29 is 13.0 Å². The Bertz CT molecular complexity index is 487. The summed E-state index contributed by atoms with van der Waals surface area (Å²) in [7, 11) is -4.16. The summed E-state index contributed by atoms with van der Waals surface area (Å²) in [5.74, 6) is 0. The van der Waals surface area contributed by atoms with Gasteiger partial charge in [-0.3, -0.25) is 4.55 Å². The average molecular weight is 226 g/mol. The van der Waals surface area contributed by atoms with Crippen LogP contribution in [0, 0.1) is 13.8 Å². The van der Waals surface area contributed by atoms with Crippen LogP contribution in [0.3, 0.4) is 0 Å². The van der Waals surface area contributed by atoms with Gasteiger partial charge in [0.2, 0.25) is 0 Å². The summed E-state index contributed by atoms with van der Waals surface area (Å²) in [5.41, 5.74) is 2.02. The van der Waals surface area contributed by atoms with Crippen molar-refractivity contribution in [2.24, 2.45) is 0 Å². The van der Waals surface area contributed by atoms with Crippen molar-refractivity contribution in [3.63, 3.8) is 0 Å². The summed E-state index contributed by atoms with van der Waals surface area (Å²) in [6.45, 7) is 7.05. The lowest BCUT2D eigenvalue weighted by Crippen LogP contribution is -2.06. The lowest BCUT2D eigenvalue weighted by Gasteiger charge is -2.10. The van der Waals surface area contributed by atoms with E-state index in [1.807, 2.05) is 13.0 Å². The van der Waals surface area contributed by atoms with E-state index in [0.717, 1.165) is 5.56 Å². The lowest BCUT2D eigenvalue weighted by atomic mass is 10.0. The molecule has 82 valence electrons. The summed E-state index contributed by atoms with van der Waals surface area (Å²) in [6, 6.07) is 3.54. The van der Waals surface area contributed by atoms with E-state index in [4.69, 9.17) is 4.55 Å². The maximum absolute atomic E-state index is 11.2. The van der Waals surface area contributed by atoms with Gasteiger partial charge in [-0.2, -0.15) is 8.42 Å². The van der Waals surface area contributed by atoms with Crippen molar-refractivity contribution in [3.05, 3.63) is 41.5 Å². The fourth-order valence-electron chi connectivity index (χ4n) is 1.52. The first-order valence-electron chi connectivity index (χ1n) is 4.55. The Labute approximate surface area is 90.2 Å². The Balaban J connectivity index is 3.56. The van der Waals surface area contributed by atoms with E-state index in [1.165, 1.54) is 0 Å². The molecular weight excluding hydrogens is 212 g/mol. The van der Waals surface area contributed by atoms with Gasteiger partial charge in [-0.15, -0.1) is 6.58 Å². The zero-order valence-corrected chi connectivity index (χ0v) is 9.63. The van der Waals surface area contributed by atoms with Crippen LogP contribution in [0.15, 0.2) is 29.7 Å². The SMILES string of the molecule is C=CCc1ccc(C)c(C)c1S(=O)(=O)O. The molecule has 4 heteroatoms. The molecule has 0 saturated heterocycles.